The summed E-state index contributed by atoms with van der Waals surface area (Å²) in [5.41, 5.74) is 0. The average molecular weight is 267 g/mol. The molecule has 0 aromatic heterocycles. The molecule has 2 N–H and O–H groups in total. The first-order valence-corrected chi connectivity index (χ1v) is 7.33. The van der Waals surface area contributed by atoms with Crippen LogP contribution in [-0.2, 0) is 9.59 Å². The predicted molar refractivity (Wildman–Crippen MR) is 73.6 cm³/mol. The van der Waals surface area contributed by atoms with Gasteiger partial charge in [-0.05, 0) is 44.2 Å². The van der Waals surface area contributed by atoms with E-state index in [0.717, 1.165) is 32.5 Å². The quantitative estimate of drug-likeness (QED) is 0.773. The van der Waals surface area contributed by atoms with Gasteiger partial charge >= 0.3 is 0 Å². The first-order chi connectivity index (χ1) is 9.08. The number of hydrogen-bond donors (Lipinski definition) is 2. The number of rotatable bonds is 4. The van der Waals surface area contributed by atoms with Crippen LogP contribution in [0, 0.1) is 11.8 Å². The van der Waals surface area contributed by atoms with Crippen LogP contribution < -0.4 is 10.6 Å². The highest BCUT2D eigenvalue weighted by Gasteiger charge is 2.36. The normalized spacial score (nSPS) is 30.6. The molecule has 2 heterocycles. The van der Waals surface area contributed by atoms with Crippen molar-refractivity contribution in [2.75, 3.05) is 26.2 Å². The highest BCUT2D eigenvalue weighted by molar-refractivity contribution is 5.87. The van der Waals surface area contributed by atoms with E-state index in [9.17, 15) is 9.59 Å². The summed E-state index contributed by atoms with van der Waals surface area (Å²) in [5, 5.41) is 6.32. The molecule has 2 saturated heterocycles. The molecular weight excluding hydrogens is 242 g/mol. The van der Waals surface area contributed by atoms with Crippen molar-refractivity contribution in [3.63, 3.8) is 0 Å². The predicted octanol–water partition coefficient (Wildman–Crippen LogP) is 0.359. The van der Waals surface area contributed by atoms with Crippen LogP contribution >= 0.6 is 0 Å². The minimum atomic E-state index is -0.255. The first kappa shape index (κ1) is 14.3. The Morgan fingerprint density at radius 3 is 2.84 bits per heavy atom. The van der Waals surface area contributed by atoms with Gasteiger partial charge in [-0.25, -0.2) is 0 Å². The number of carbonyl (C=O) groups excluding carboxylic acids is 2. The van der Waals surface area contributed by atoms with Crippen LogP contribution in [0.5, 0.6) is 0 Å². The second kappa shape index (κ2) is 6.37. The molecule has 5 heteroatoms. The lowest BCUT2D eigenvalue weighted by Gasteiger charge is -2.22. The Morgan fingerprint density at radius 2 is 2.21 bits per heavy atom. The standard InChI is InChI=1S/C14H25N3O2/c1-10-7-13(17(9-10)11(2)18)14(19)16-6-4-12-3-5-15-8-12/h10,12-13,15H,3-9H2,1-2H3,(H,16,19)/t10?,12?,13-/m0/s1. The molecule has 19 heavy (non-hydrogen) atoms. The number of nitrogens with one attached hydrogen (secondary N) is 2. The molecule has 2 fully saturated rings. The smallest absolute Gasteiger partial charge is 0.242 e. The van der Waals surface area contributed by atoms with Crippen LogP contribution in [0.15, 0.2) is 0 Å². The van der Waals surface area contributed by atoms with Gasteiger partial charge in [0.15, 0.2) is 0 Å². The summed E-state index contributed by atoms with van der Waals surface area (Å²) in [4.78, 5) is 25.4. The van der Waals surface area contributed by atoms with Crippen molar-refractivity contribution in [1.29, 1.82) is 0 Å². The average Bonchev–Trinajstić information content (AvgIpc) is 2.98. The highest BCUT2D eigenvalue weighted by Crippen LogP contribution is 2.23. The fourth-order valence-corrected chi connectivity index (χ4v) is 3.12. The van der Waals surface area contributed by atoms with E-state index in [1.807, 2.05) is 0 Å². The van der Waals surface area contributed by atoms with Crippen molar-refractivity contribution in [3.05, 3.63) is 0 Å². The van der Waals surface area contributed by atoms with Crippen molar-refractivity contribution >= 4 is 11.8 Å². The van der Waals surface area contributed by atoms with E-state index in [4.69, 9.17) is 0 Å². The van der Waals surface area contributed by atoms with Crippen molar-refractivity contribution in [1.82, 2.24) is 15.5 Å². The number of amides is 2. The second-order valence-electron chi connectivity index (χ2n) is 5.97. The van der Waals surface area contributed by atoms with Crippen LogP contribution in [0.3, 0.4) is 0 Å². The van der Waals surface area contributed by atoms with Gasteiger partial charge in [-0.2, -0.15) is 0 Å². The fraction of sp³-hybridized carbons (Fsp3) is 0.857. The highest BCUT2D eigenvalue weighted by atomic mass is 16.2. The van der Waals surface area contributed by atoms with Gasteiger partial charge in [0.25, 0.3) is 0 Å². The zero-order chi connectivity index (χ0) is 13.8. The van der Waals surface area contributed by atoms with E-state index >= 15 is 0 Å². The first-order valence-electron chi connectivity index (χ1n) is 7.33. The second-order valence-corrected chi connectivity index (χ2v) is 5.97. The van der Waals surface area contributed by atoms with Crippen molar-refractivity contribution in [2.45, 2.75) is 39.2 Å². The molecule has 2 amide bonds. The van der Waals surface area contributed by atoms with Gasteiger partial charge in [-0.1, -0.05) is 6.92 Å². The Bertz CT molecular complexity index is 340. The molecular formula is C14H25N3O2. The summed E-state index contributed by atoms with van der Waals surface area (Å²) in [6, 6.07) is -0.255. The van der Waals surface area contributed by atoms with Crippen molar-refractivity contribution in [2.24, 2.45) is 11.8 Å². The molecule has 0 aromatic rings. The Kier molecular flexibility index (Phi) is 4.80. The molecule has 0 aromatic carbocycles. The van der Waals surface area contributed by atoms with Gasteiger partial charge in [0, 0.05) is 20.0 Å². The van der Waals surface area contributed by atoms with Gasteiger partial charge < -0.3 is 15.5 Å². The maximum atomic E-state index is 12.2. The van der Waals surface area contributed by atoms with Crippen LogP contribution in [0.25, 0.3) is 0 Å². The lowest BCUT2D eigenvalue weighted by molar-refractivity contribution is -0.136. The van der Waals surface area contributed by atoms with E-state index in [2.05, 4.69) is 17.6 Å². The molecule has 0 saturated carbocycles. The Morgan fingerprint density at radius 1 is 1.42 bits per heavy atom. The third kappa shape index (κ3) is 3.69. The minimum Gasteiger partial charge on any atom is -0.354 e. The maximum absolute atomic E-state index is 12.2. The Hall–Kier alpha value is -1.10. The third-order valence-corrected chi connectivity index (χ3v) is 4.23. The summed E-state index contributed by atoms with van der Waals surface area (Å²) in [6.07, 6.45) is 3.02. The van der Waals surface area contributed by atoms with Gasteiger partial charge in [-0.15, -0.1) is 0 Å². The molecule has 2 unspecified atom stereocenters. The van der Waals surface area contributed by atoms with Crippen molar-refractivity contribution in [3.8, 4) is 0 Å². The molecule has 2 aliphatic rings. The molecule has 2 rings (SSSR count). The van der Waals surface area contributed by atoms with Gasteiger partial charge in [0.1, 0.15) is 6.04 Å². The topological polar surface area (TPSA) is 61.4 Å². The minimum absolute atomic E-state index is 0.00416. The van der Waals surface area contributed by atoms with Gasteiger partial charge in [0.05, 0.1) is 0 Å². The maximum Gasteiger partial charge on any atom is 0.242 e. The summed E-state index contributed by atoms with van der Waals surface area (Å²) in [7, 11) is 0. The number of nitrogens with zero attached hydrogens (tertiary/aromatic N) is 1. The summed E-state index contributed by atoms with van der Waals surface area (Å²) >= 11 is 0. The van der Waals surface area contributed by atoms with E-state index in [1.54, 1.807) is 11.8 Å². The SMILES string of the molecule is CC(=O)N1CC(C)C[C@H]1C(=O)NCCC1CCNC1. The zero-order valence-electron chi connectivity index (χ0n) is 11.9. The summed E-state index contributed by atoms with van der Waals surface area (Å²) in [5.74, 6) is 1.13. The van der Waals surface area contributed by atoms with Crippen molar-refractivity contribution < 1.29 is 9.59 Å². The fourth-order valence-electron chi connectivity index (χ4n) is 3.12. The van der Waals surface area contributed by atoms with Crippen LogP contribution in [0.1, 0.15) is 33.1 Å². The Balaban J connectivity index is 1.76. The summed E-state index contributed by atoms with van der Waals surface area (Å²) < 4.78 is 0. The number of hydrogen-bond acceptors (Lipinski definition) is 3. The van der Waals surface area contributed by atoms with Gasteiger partial charge in [0.2, 0.25) is 11.8 Å². The number of carbonyl (C=O) groups is 2. The van der Waals surface area contributed by atoms with Gasteiger partial charge in [-0.3, -0.25) is 9.59 Å². The molecule has 108 valence electrons. The molecule has 0 spiro atoms. The molecule has 0 aliphatic carbocycles. The van der Waals surface area contributed by atoms with Crippen LogP contribution in [0.4, 0.5) is 0 Å². The van der Waals surface area contributed by atoms with E-state index in [1.165, 1.54) is 6.42 Å². The molecule has 3 atom stereocenters. The molecule has 0 radical (unpaired) electrons. The molecule has 0 bridgehead atoms. The monoisotopic (exact) mass is 267 g/mol. The van der Waals surface area contributed by atoms with E-state index in [-0.39, 0.29) is 17.9 Å². The lowest BCUT2D eigenvalue weighted by atomic mass is 10.0. The zero-order valence-corrected chi connectivity index (χ0v) is 11.9. The largest absolute Gasteiger partial charge is 0.354 e. The third-order valence-electron chi connectivity index (χ3n) is 4.23. The molecule has 2 aliphatic heterocycles. The number of likely N-dealkylation sites (tertiary alicyclic amines) is 1. The van der Waals surface area contributed by atoms with E-state index < -0.39 is 0 Å². The van der Waals surface area contributed by atoms with Crippen LogP contribution in [-0.4, -0.2) is 48.9 Å². The Labute approximate surface area is 115 Å². The lowest BCUT2D eigenvalue weighted by Crippen LogP contribution is -2.45. The van der Waals surface area contributed by atoms with Crippen LogP contribution in [0.2, 0.25) is 0 Å². The summed E-state index contributed by atoms with van der Waals surface area (Å²) in [6.45, 7) is 7.23. The van der Waals surface area contributed by atoms with E-state index in [0.29, 0.717) is 18.4 Å². The molecule has 5 nitrogen and oxygen atoms in total.